The van der Waals surface area contributed by atoms with Crippen LogP contribution in [0.25, 0.3) is 88.5 Å². The van der Waals surface area contributed by atoms with Gasteiger partial charge < -0.3 is 4.74 Å². The van der Waals surface area contributed by atoms with Gasteiger partial charge in [0, 0.05) is 27.6 Å². The molecule has 228 valence electrons. The highest BCUT2D eigenvalue weighted by molar-refractivity contribution is 6.13. The third-order valence-corrected chi connectivity index (χ3v) is 9.67. The van der Waals surface area contributed by atoms with Crippen molar-refractivity contribution in [2.45, 2.75) is 0 Å². The zero-order chi connectivity index (χ0) is 32.3. The topological polar surface area (TPSA) is 35.0 Å². The quantitative estimate of drug-likeness (QED) is 0.183. The second-order valence-electron chi connectivity index (χ2n) is 12.6. The van der Waals surface area contributed by atoms with Crippen molar-refractivity contribution in [3.63, 3.8) is 0 Å². The smallest absolute Gasteiger partial charge is 0.160 e. The van der Waals surface area contributed by atoms with Gasteiger partial charge in [-0.2, -0.15) is 0 Å². The fraction of sp³-hybridized carbons (Fsp3) is 0. The van der Waals surface area contributed by atoms with Crippen molar-refractivity contribution >= 4 is 32.3 Å². The molecule has 0 amide bonds. The average molecular weight is 625 g/mol. The van der Waals surface area contributed by atoms with Crippen LogP contribution in [0.1, 0.15) is 0 Å². The lowest BCUT2D eigenvalue weighted by molar-refractivity contribution is 0.487. The number of hydrogen-bond acceptors (Lipinski definition) is 3. The lowest BCUT2D eigenvalue weighted by atomic mass is 9.92. The van der Waals surface area contributed by atoms with Gasteiger partial charge in [0.15, 0.2) is 5.82 Å². The summed E-state index contributed by atoms with van der Waals surface area (Å²) in [7, 11) is 0. The van der Waals surface area contributed by atoms with Crippen LogP contribution in [0.5, 0.6) is 11.5 Å². The third kappa shape index (κ3) is 4.59. The van der Waals surface area contributed by atoms with Crippen LogP contribution in [0, 0.1) is 0 Å². The predicted molar refractivity (Wildman–Crippen MR) is 202 cm³/mol. The largest absolute Gasteiger partial charge is 0.456 e. The normalized spacial score (nSPS) is 11.8. The summed E-state index contributed by atoms with van der Waals surface area (Å²) in [5, 5.41) is 7.19. The van der Waals surface area contributed by atoms with Gasteiger partial charge in [-0.25, -0.2) is 9.97 Å². The summed E-state index contributed by atoms with van der Waals surface area (Å²) >= 11 is 0. The molecular weight excluding hydrogens is 597 g/mol. The molecule has 49 heavy (non-hydrogen) atoms. The van der Waals surface area contributed by atoms with Crippen LogP contribution in [0.3, 0.4) is 0 Å². The van der Waals surface area contributed by atoms with E-state index in [0.717, 1.165) is 56.3 Å². The molecule has 1 aliphatic rings. The van der Waals surface area contributed by atoms with Gasteiger partial charge in [-0.3, -0.25) is 0 Å². The Morgan fingerprint density at radius 1 is 0.347 bits per heavy atom. The molecule has 0 aliphatic carbocycles. The van der Waals surface area contributed by atoms with Crippen molar-refractivity contribution < 1.29 is 4.74 Å². The van der Waals surface area contributed by atoms with E-state index in [4.69, 9.17) is 14.7 Å². The van der Waals surface area contributed by atoms with Gasteiger partial charge in [-0.05, 0) is 74.0 Å². The van der Waals surface area contributed by atoms with Gasteiger partial charge in [0.05, 0.1) is 11.4 Å². The second kappa shape index (κ2) is 11.0. The third-order valence-electron chi connectivity index (χ3n) is 9.67. The molecule has 1 aromatic heterocycles. The summed E-state index contributed by atoms with van der Waals surface area (Å²) in [4.78, 5) is 10.3. The van der Waals surface area contributed by atoms with Gasteiger partial charge in [-0.1, -0.05) is 140 Å². The van der Waals surface area contributed by atoms with Crippen LogP contribution in [-0.4, -0.2) is 9.97 Å². The molecule has 0 fully saturated rings. The Kier molecular flexibility index (Phi) is 6.18. The summed E-state index contributed by atoms with van der Waals surface area (Å²) < 4.78 is 6.46. The van der Waals surface area contributed by atoms with Crippen LogP contribution in [0.4, 0.5) is 0 Å². The minimum Gasteiger partial charge on any atom is -0.456 e. The van der Waals surface area contributed by atoms with Gasteiger partial charge in [0.25, 0.3) is 0 Å². The Balaban J connectivity index is 1.08. The zero-order valence-electron chi connectivity index (χ0n) is 26.5. The van der Waals surface area contributed by atoms with E-state index < -0.39 is 0 Å². The summed E-state index contributed by atoms with van der Waals surface area (Å²) in [6, 6.07) is 59.6. The van der Waals surface area contributed by atoms with E-state index >= 15 is 0 Å². The predicted octanol–water partition coefficient (Wildman–Crippen LogP) is 12.4. The summed E-state index contributed by atoms with van der Waals surface area (Å²) in [6.07, 6.45) is 0. The van der Waals surface area contributed by atoms with Gasteiger partial charge in [0.2, 0.25) is 0 Å². The molecule has 1 aliphatic heterocycles. The molecule has 10 rings (SSSR count). The first-order chi connectivity index (χ1) is 24.3. The number of rotatable bonds is 4. The van der Waals surface area contributed by atoms with Crippen molar-refractivity contribution in [1.82, 2.24) is 9.97 Å². The van der Waals surface area contributed by atoms with Crippen LogP contribution < -0.4 is 4.74 Å². The standard InChI is InChI=1S/C46H28N2O/c1-2-10-32(11-3-1)46-47-41(28-42(48-46)40-26-34-12-4-5-15-35(34)36-16-6-7-17-37(36)40)30-22-20-29(21-23-30)33-24-25-38-39-18-8-13-31-14-9-19-43(45(31)39)49-44(38)27-33/h1-28H. The van der Waals surface area contributed by atoms with Crippen molar-refractivity contribution in [1.29, 1.82) is 0 Å². The minimum atomic E-state index is 0.705. The number of fused-ring (bicyclic) bond motifs is 5. The Morgan fingerprint density at radius 2 is 1.02 bits per heavy atom. The first kappa shape index (κ1) is 27.5. The molecule has 9 aromatic rings. The van der Waals surface area contributed by atoms with Crippen molar-refractivity contribution in [3.8, 4) is 67.7 Å². The maximum Gasteiger partial charge on any atom is 0.160 e. The van der Waals surface area contributed by atoms with E-state index in [1.54, 1.807) is 0 Å². The Bertz CT molecular complexity index is 2730. The lowest BCUT2D eigenvalue weighted by Crippen LogP contribution is -1.97. The van der Waals surface area contributed by atoms with Crippen molar-refractivity contribution in [2.24, 2.45) is 0 Å². The zero-order valence-corrected chi connectivity index (χ0v) is 26.5. The van der Waals surface area contributed by atoms with E-state index in [2.05, 4.69) is 152 Å². The van der Waals surface area contributed by atoms with Crippen LogP contribution in [0.2, 0.25) is 0 Å². The monoisotopic (exact) mass is 624 g/mol. The number of aromatic nitrogens is 2. The maximum atomic E-state index is 6.46. The van der Waals surface area contributed by atoms with E-state index in [0.29, 0.717) is 5.82 Å². The number of ether oxygens (including phenoxy) is 1. The molecule has 2 heterocycles. The van der Waals surface area contributed by atoms with Crippen LogP contribution in [-0.2, 0) is 0 Å². The van der Waals surface area contributed by atoms with Crippen molar-refractivity contribution in [3.05, 3.63) is 170 Å². The van der Waals surface area contributed by atoms with Gasteiger partial charge in [-0.15, -0.1) is 0 Å². The summed E-state index contributed by atoms with van der Waals surface area (Å²) in [5.41, 5.74) is 9.44. The number of nitrogens with zero attached hydrogens (tertiary/aromatic N) is 2. The van der Waals surface area contributed by atoms with E-state index in [1.807, 2.05) is 18.2 Å². The molecule has 0 radical (unpaired) electrons. The van der Waals surface area contributed by atoms with E-state index in [-0.39, 0.29) is 0 Å². The Labute approximate surface area is 283 Å². The summed E-state index contributed by atoms with van der Waals surface area (Å²) in [6.45, 7) is 0. The molecule has 0 N–H and O–H groups in total. The van der Waals surface area contributed by atoms with E-state index in [9.17, 15) is 0 Å². The molecule has 0 unspecified atom stereocenters. The van der Waals surface area contributed by atoms with E-state index in [1.165, 1.54) is 37.9 Å². The van der Waals surface area contributed by atoms with Crippen LogP contribution >= 0.6 is 0 Å². The molecule has 3 nitrogen and oxygen atoms in total. The van der Waals surface area contributed by atoms with Crippen LogP contribution in [0.15, 0.2) is 170 Å². The first-order valence-electron chi connectivity index (χ1n) is 16.6. The molecule has 0 saturated heterocycles. The number of hydrogen-bond donors (Lipinski definition) is 0. The molecule has 0 saturated carbocycles. The fourth-order valence-electron chi connectivity index (χ4n) is 7.29. The highest BCUT2D eigenvalue weighted by atomic mass is 16.5. The Hall–Kier alpha value is -6.58. The highest BCUT2D eigenvalue weighted by Gasteiger charge is 2.20. The molecule has 0 bridgehead atoms. The molecule has 3 heteroatoms. The summed E-state index contributed by atoms with van der Waals surface area (Å²) in [5.74, 6) is 2.49. The minimum absolute atomic E-state index is 0.705. The highest BCUT2D eigenvalue weighted by Crippen LogP contribution is 2.47. The van der Waals surface area contributed by atoms with Gasteiger partial charge >= 0.3 is 0 Å². The molecule has 8 aromatic carbocycles. The molecule has 0 atom stereocenters. The average Bonchev–Trinajstić information content (AvgIpc) is 3.18. The van der Waals surface area contributed by atoms with Gasteiger partial charge in [0.1, 0.15) is 11.5 Å². The second-order valence-corrected chi connectivity index (χ2v) is 12.6. The number of benzene rings is 8. The Morgan fingerprint density at radius 3 is 1.88 bits per heavy atom. The van der Waals surface area contributed by atoms with Crippen molar-refractivity contribution in [2.75, 3.05) is 0 Å². The fourth-order valence-corrected chi connectivity index (χ4v) is 7.29. The molecular formula is C46H28N2O. The maximum absolute atomic E-state index is 6.46. The molecule has 0 spiro atoms. The lowest BCUT2D eigenvalue weighted by Gasteiger charge is -2.22. The SMILES string of the molecule is c1ccc(-c2nc(-c3ccc(-c4ccc5c(c4)Oc4cccc6cccc-5c46)cc3)cc(-c3cc4ccccc4c4ccccc34)n2)cc1. The first-order valence-corrected chi connectivity index (χ1v) is 16.6.